The molecule has 0 spiro atoms. The van der Waals surface area contributed by atoms with Crippen molar-refractivity contribution in [1.29, 1.82) is 0 Å². The number of fused-ring (bicyclic) bond motifs is 11. The SMILES string of the molecule is CC1C/C=C(c2cccc(-c3ccccc3)c2)/N=C(c2ccc3c(c2)oc2ccccc23)\N=C/1c1cc2oc3ccccc3c2cc1-n1c2cc3ccccc3cc2c2cc3ccccc3cc21. The minimum Gasteiger partial charge on any atom is -0.456 e. The number of furan rings is 2. The molecule has 0 N–H and O–H groups in total. The number of rotatable bonds is 5. The van der Waals surface area contributed by atoms with Crippen molar-refractivity contribution in [2.75, 3.05) is 0 Å². The van der Waals surface area contributed by atoms with Crippen LogP contribution in [0, 0.1) is 5.92 Å². The van der Waals surface area contributed by atoms with Crippen molar-refractivity contribution in [3.8, 4) is 16.8 Å². The molecule has 14 rings (SSSR count). The number of nitrogens with zero attached hydrogens (tertiary/aromatic N) is 3. The van der Waals surface area contributed by atoms with Gasteiger partial charge in [-0.2, -0.15) is 0 Å². The van der Waals surface area contributed by atoms with Crippen molar-refractivity contribution in [3.05, 3.63) is 229 Å². The Balaban J connectivity index is 1.06. The van der Waals surface area contributed by atoms with Crippen LogP contribution in [0.4, 0.5) is 0 Å². The molecule has 0 saturated carbocycles. The molecule has 1 aliphatic heterocycles. The van der Waals surface area contributed by atoms with E-state index in [4.69, 9.17) is 18.8 Å². The molecule has 320 valence electrons. The predicted octanol–water partition coefficient (Wildman–Crippen LogP) is 16.9. The third-order valence-corrected chi connectivity index (χ3v) is 14.0. The lowest BCUT2D eigenvalue weighted by Gasteiger charge is -2.22. The molecular weight excluding hydrogens is 831 g/mol. The van der Waals surface area contributed by atoms with Crippen molar-refractivity contribution >= 4 is 104 Å². The van der Waals surface area contributed by atoms with E-state index in [9.17, 15) is 0 Å². The van der Waals surface area contributed by atoms with E-state index in [0.29, 0.717) is 12.3 Å². The first-order valence-electron chi connectivity index (χ1n) is 23.3. The summed E-state index contributed by atoms with van der Waals surface area (Å²) in [5.74, 6) is 0.582. The molecule has 0 amide bonds. The number of hydrogen-bond donors (Lipinski definition) is 0. The molecule has 10 aromatic carbocycles. The van der Waals surface area contributed by atoms with Crippen LogP contribution in [0.15, 0.2) is 231 Å². The van der Waals surface area contributed by atoms with Crippen LogP contribution in [0.25, 0.3) is 110 Å². The van der Waals surface area contributed by atoms with E-state index in [-0.39, 0.29) is 5.92 Å². The molecule has 68 heavy (non-hydrogen) atoms. The van der Waals surface area contributed by atoms with E-state index < -0.39 is 0 Å². The largest absolute Gasteiger partial charge is 0.456 e. The fourth-order valence-corrected chi connectivity index (χ4v) is 10.6. The highest BCUT2D eigenvalue weighted by molar-refractivity contribution is 6.22. The van der Waals surface area contributed by atoms with Crippen LogP contribution < -0.4 is 0 Å². The van der Waals surface area contributed by atoms with Crippen LogP contribution >= 0.6 is 0 Å². The number of amidine groups is 1. The van der Waals surface area contributed by atoms with Gasteiger partial charge in [-0.3, -0.25) is 0 Å². The third-order valence-electron chi connectivity index (χ3n) is 14.0. The standard InChI is InChI=1S/C63H41N3O2/c1-38-26-29-54(45-21-13-20-40(30-45)39-14-3-2-4-15-39)64-63(46-27-28-49-47-22-9-11-24-58(47)67-60(49)35-46)65-62(38)53-37-61-52(48-23-10-12-25-59(48)68-61)36-57(53)66-55-33-43-18-7-5-16-41(43)31-50(55)51-32-42-17-6-8-19-44(42)34-56(51)66/h2-25,27-38H,26H2,1H3/b54-29+,64-63-,65-62+. The summed E-state index contributed by atoms with van der Waals surface area (Å²) in [6.45, 7) is 2.29. The van der Waals surface area contributed by atoms with Crippen LogP contribution in [0.3, 0.4) is 0 Å². The zero-order valence-electron chi connectivity index (χ0n) is 37.1. The number of aromatic nitrogens is 1. The van der Waals surface area contributed by atoms with Gasteiger partial charge in [-0.1, -0.05) is 153 Å². The monoisotopic (exact) mass is 871 g/mol. The second kappa shape index (κ2) is 15.1. The van der Waals surface area contributed by atoms with Crippen molar-refractivity contribution in [2.45, 2.75) is 13.3 Å². The maximum atomic E-state index is 6.73. The summed E-state index contributed by atoms with van der Waals surface area (Å²) in [6.07, 6.45) is 3.00. The van der Waals surface area contributed by atoms with E-state index in [1.165, 1.54) is 32.3 Å². The highest BCUT2D eigenvalue weighted by atomic mass is 16.3. The van der Waals surface area contributed by atoms with E-state index >= 15 is 0 Å². The molecule has 0 aliphatic carbocycles. The number of para-hydroxylation sites is 2. The summed E-state index contributed by atoms with van der Waals surface area (Å²) in [5.41, 5.74) is 13.6. The summed E-state index contributed by atoms with van der Waals surface area (Å²) >= 11 is 0. The van der Waals surface area contributed by atoms with Gasteiger partial charge in [-0.05, 0) is 106 Å². The second-order valence-corrected chi connectivity index (χ2v) is 18.1. The molecule has 1 aliphatic rings. The van der Waals surface area contributed by atoms with Gasteiger partial charge in [0.05, 0.1) is 28.1 Å². The lowest BCUT2D eigenvalue weighted by atomic mass is 9.91. The molecule has 5 nitrogen and oxygen atoms in total. The highest BCUT2D eigenvalue weighted by Gasteiger charge is 2.26. The maximum absolute atomic E-state index is 6.73. The average molecular weight is 872 g/mol. The van der Waals surface area contributed by atoms with Gasteiger partial charge in [0.1, 0.15) is 22.3 Å². The average Bonchev–Trinajstić information content (AvgIpc) is 4.04. The predicted molar refractivity (Wildman–Crippen MR) is 284 cm³/mol. The highest BCUT2D eigenvalue weighted by Crippen LogP contribution is 2.42. The van der Waals surface area contributed by atoms with Gasteiger partial charge in [0.25, 0.3) is 0 Å². The lowest BCUT2D eigenvalue weighted by molar-refractivity contribution is 0.668. The first-order chi connectivity index (χ1) is 33.6. The summed E-state index contributed by atoms with van der Waals surface area (Å²) in [7, 11) is 0. The Morgan fingerprint density at radius 2 is 0.971 bits per heavy atom. The van der Waals surface area contributed by atoms with Crippen LogP contribution in [-0.4, -0.2) is 16.1 Å². The van der Waals surface area contributed by atoms with Gasteiger partial charge >= 0.3 is 0 Å². The second-order valence-electron chi connectivity index (χ2n) is 18.1. The Kier molecular flexibility index (Phi) is 8.56. The van der Waals surface area contributed by atoms with Crippen molar-refractivity contribution in [1.82, 2.24) is 4.57 Å². The molecule has 0 fully saturated rings. The zero-order chi connectivity index (χ0) is 44.9. The molecule has 0 bridgehead atoms. The Morgan fingerprint density at radius 1 is 0.412 bits per heavy atom. The fraction of sp³-hybridized carbons (Fsp3) is 0.0476. The number of benzene rings is 10. The normalized spacial score (nSPS) is 16.9. The van der Waals surface area contributed by atoms with Crippen LogP contribution in [-0.2, 0) is 0 Å². The Bertz CT molecular complexity index is 4220. The van der Waals surface area contributed by atoms with Crippen LogP contribution in [0.1, 0.15) is 30.0 Å². The van der Waals surface area contributed by atoms with Gasteiger partial charge in [0.15, 0.2) is 5.84 Å². The molecule has 13 aromatic rings. The van der Waals surface area contributed by atoms with Gasteiger partial charge < -0.3 is 13.4 Å². The molecule has 1 atom stereocenters. The molecule has 3 aromatic heterocycles. The topological polar surface area (TPSA) is 55.9 Å². The van der Waals surface area contributed by atoms with E-state index in [2.05, 4.69) is 206 Å². The number of aliphatic imine (C=N–C) groups is 2. The van der Waals surface area contributed by atoms with Gasteiger partial charge in [0.2, 0.25) is 0 Å². The zero-order valence-corrected chi connectivity index (χ0v) is 37.1. The van der Waals surface area contributed by atoms with Crippen molar-refractivity contribution < 1.29 is 8.83 Å². The minimum absolute atomic E-state index is 0.0296. The third kappa shape index (κ3) is 6.16. The fourth-order valence-electron chi connectivity index (χ4n) is 10.6. The number of hydrogen-bond acceptors (Lipinski definition) is 4. The van der Waals surface area contributed by atoms with E-state index in [0.717, 1.165) is 99.8 Å². The van der Waals surface area contributed by atoms with Gasteiger partial charge in [-0.15, -0.1) is 0 Å². The Morgan fingerprint density at radius 3 is 1.66 bits per heavy atom. The summed E-state index contributed by atoms with van der Waals surface area (Å²) in [6, 6.07) is 73.5. The van der Waals surface area contributed by atoms with Crippen molar-refractivity contribution in [3.63, 3.8) is 0 Å². The lowest BCUT2D eigenvalue weighted by Crippen LogP contribution is -2.19. The number of allylic oxidation sites excluding steroid dienone is 1. The molecule has 5 heteroatoms. The van der Waals surface area contributed by atoms with E-state index in [1.54, 1.807) is 0 Å². The molecule has 4 heterocycles. The quantitative estimate of drug-likeness (QED) is 0.173. The van der Waals surface area contributed by atoms with E-state index in [1.807, 2.05) is 18.2 Å². The summed E-state index contributed by atoms with van der Waals surface area (Å²) in [4.78, 5) is 11.4. The van der Waals surface area contributed by atoms with Gasteiger partial charge in [0, 0.05) is 54.9 Å². The molecule has 0 radical (unpaired) electrons. The smallest absolute Gasteiger partial charge is 0.160 e. The minimum atomic E-state index is -0.0296. The van der Waals surface area contributed by atoms with Crippen molar-refractivity contribution in [2.24, 2.45) is 15.9 Å². The molecule has 1 unspecified atom stereocenters. The molecular formula is C63H41N3O2. The Labute approximate surface area is 391 Å². The van der Waals surface area contributed by atoms with Crippen LogP contribution in [0.5, 0.6) is 0 Å². The summed E-state index contributed by atoms with van der Waals surface area (Å²) < 4.78 is 15.7. The summed E-state index contributed by atoms with van der Waals surface area (Å²) in [5, 5.41) is 11.5. The first-order valence-corrected chi connectivity index (χ1v) is 23.3. The maximum Gasteiger partial charge on any atom is 0.160 e. The first kappa shape index (κ1) is 38.5. The Hall–Kier alpha value is -8.80. The van der Waals surface area contributed by atoms with Gasteiger partial charge in [-0.25, -0.2) is 9.98 Å². The van der Waals surface area contributed by atoms with Crippen LogP contribution in [0.2, 0.25) is 0 Å². The molecule has 0 saturated heterocycles.